The van der Waals surface area contributed by atoms with E-state index in [4.69, 9.17) is 9.52 Å². The van der Waals surface area contributed by atoms with Crippen LogP contribution in [0.4, 0.5) is 0 Å². The lowest BCUT2D eigenvalue weighted by atomic mass is 10.1. The third kappa shape index (κ3) is 2.76. The average Bonchev–Trinajstić information content (AvgIpc) is 2.61. The summed E-state index contributed by atoms with van der Waals surface area (Å²) in [5, 5.41) is 10.4. The van der Waals surface area contributed by atoms with E-state index in [1.54, 1.807) is 24.3 Å². The Labute approximate surface area is 142 Å². The van der Waals surface area contributed by atoms with E-state index >= 15 is 0 Å². The average molecular weight is 331 g/mol. The Balaban J connectivity index is 1.94. The number of aliphatic carboxylic acids is 1. The summed E-state index contributed by atoms with van der Waals surface area (Å²) in [6.45, 7) is 0. The molecule has 0 radical (unpaired) electrons. The third-order valence-electron chi connectivity index (χ3n) is 4.03. The van der Waals surface area contributed by atoms with Crippen molar-refractivity contribution in [2.45, 2.75) is 6.42 Å². The quantitative estimate of drug-likeness (QED) is 0.620. The molecule has 2 heterocycles. The Bertz CT molecular complexity index is 1180. The molecule has 0 fully saturated rings. The smallest absolute Gasteiger partial charge is 0.307 e. The number of carboxylic acid groups (broad SMARTS) is 1. The molecule has 0 unspecified atom stereocenters. The molecule has 5 nitrogen and oxygen atoms in total. The molecule has 1 N–H and O–H groups in total. The maximum atomic E-state index is 12.4. The maximum absolute atomic E-state index is 12.4. The molecular formula is C20H13NO4. The normalized spacial score (nSPS) is 11.0. The van der Waals surface area contributed by atoms with Gasteiger partial charge in [0, 0.05) is 17.0 Å². The summed E-state index contributed by atoms with van der Waals surface area (Å²) in [7, 11) is 0. The summed E-state index contributed by atoms with van der Waals surface area (Å²) in [6.07, 6.45) is -0.213. The van der Waals surface area contributed by atoms with Crippen molar-refractivity contribution in [1.29, 1.82) is 0 Å². The Hall–Kier alpha value is -3.47. The largest absolute Gasteiger partial charge is 0.481 e. The van der Waals surface area contributed by atoms with E-state index in [0.29, 0.717) is 28.0 Å². The van der Waals surface area contributed by atoms with E-state index in [0.717, 1.165) is 10.9 Å². The van der Waals surface area contributed by atoms with Gasteiger partial charge in [0.1, 0.15) is 11.3 Å². The van der Waals surface area contributed by atoms with Crippen LogP contribution >= 0.6 is 0 Å². The highest BCUT2D eigenvalue weighted by molar-refractivity contribution is 5.86. The van der Waals surface area contributed by atoms with E-state index in [1.165, 1.54) is 6.07 Å². The van der Waals surface area contributed by atoms with Crippen LogP contribution in [-0.2, 0) is 11.2 Å². The lowest BCUT2D eigenvalue weighted by Crippen LogP contribution is -2.05. The Kier molecular flexibility index (Phi) is 3.54. The summed E-state index contributed by atoms with van der Waals surface area (Å²) >= 11 is 0. The number of carbonyl (C=O) groups is 1. The van der Waals surface area contributed by atoms with Crippen LogP contribution in [0.15, 0.2) is 69.9 Å². The number of pyridine rings is 1. The molecule has 122 valence electrons. The lowest BCUT2D eigenvalue weighted by molar-refractivity contribution is -0.136. The molecule has 0 saturated heterocycles. The molecule has 2 aromatic carbocycles. The molecule has 0 aliphatic rings. The highest BCUT2D eigenvalue weighted by Crippen LogP contribution is 2.25. The van der Waals surface area contributed by atoms with Gasteiger partial charge in [0.2, 0.25) is 0 Å². The number of para-hydroxylation sites is 2. The first-order chi connectivity index (χ1) is 12.1. The first-order valence-electron chi connectivity index (χ1n) is 7.75. The van der Waals surface area contributed by atoms with Gasteiger partial charge < -0.3 is 9.52 Å². The molecule has 2 aromatic heterocycles. The van der Waals surface area contributed by atoms with Crippen LogP contribution in [0.5, 0.6) is 0 Å². The molecule has 0 amide bonds. The van der Waals surface area contributed by atoms with Crippen molar-refractivity contribution in [3.63, 3.8) is 0 Å². The minimum Gasteiger partial charge on any atom is -0.481 e. The summed E-state index contributed by atoms with van der Waals surface area (Å²) in [4.78, 5) is 28.0. The molecular weight excluding hydrogens is 318 g/mol. The molecule has 5 heteroatoms. The molecule has 4 rings (SSSR count). The van der Waals surface area contributed by atoms with Crippen LogP contribution in [-0.4, -0.2) is 16.1 Å². The number of rotatable bonds is 3. The van der Waals surface area contributed by atoms with Crippen molar-refractivity contribution in [2.75, 3.05) is 0 Å². The second-order valence-corrected chi connectivity index (χ2v) is 5.73. The number of benzene rings is 2. The van der Waals surface area contributed by atoms with Gasteiger partial charge in [-0.3, -0.25) is 9.59 Å². The predicted octanol–water partition coefficient (Wildman–Crippen LogP) is 3.64. The van der Waals surface area contributed by atoms with Gasteiger partial charge in [-0.05, 0) is 18.2 Å². The molecule has 25 heavy (non-hydrogen) atoms. The van der Waals surface area contributed by atoms with E-state index in [1.807, 2.05) is 30.3 Å². The van der Waals surface area contributed by atoms with Gasteiger partial charge in [-0.25, -0.2) is 4.98 Å². The monoisotopic (exact) mass is 331 g/mol. The fraction of sp³-hybridized carbons (Fsp3) is 0.0500. The van der Waals surface area contributed by atoms with Gasteiger partial charge in [-0.2, -0.15) is 0 Å². The van der Waals surface area contributed by atoms with Crippen LogP contribution in [0.3, 0.4) is 0 Å². The van der Waals surface area contributed by atoms with Crippen molar-refractivity contribution in [3.05, 3.63) is 76.5 Å². The zero-order chi connectivity index (χ0) is 17.4. The van der Waals surface area contributed by atoms with E-state index in [2.05, 4.69) is 4.98 Å². The second-order valence-electron chi connectivity index (χ2n) is 5.73. The minimum absolute atomic E-state index is 0.213. The van der Waals surface area contributed by atoms with Gasteiger partial charge in [0.05, 0.1) is 17.3 Å². The van der Waals surface area contributed by atoms with Crippen LogP contribution in [0.1, 0.15) is 5.56 Å². The highest BCUT2D eigenvalue weighted by Gasteiger charge is 2.13. The minimum atomic E-state index is -0.982. The van der Waals surface area contributed by atoms with Gasteiger partial charge in [0.15, 0.2) is 11.2 Å². The van der Waals surface area contributed by atoms with E-state index < -0.39 is 5.97 Å². The van der Waals surface area contributed by atoms with Crippen molar-refractivity contribution in [2.24, 2.45) is 0 Å². The van der Waals surface area contributed by atoms with Crippen LogP contribution in [0.2, 0.25) is 0 Å². The molecule has 0 atom stereocenters. The van der Waals surface area contributed by atoms with Crippen molar-refractivity contribution < 1.29 is 14.3 Å². The molecule has 0 aliphatic carbocycles. The first-order valence-corrected chi connectivity index (χ1v) is 7.75. The number of aromatic nitrogens is 1. The molecule has 0 saturated carbocycles. The standard InChI is InChI=1S/C20H13NO4/c22-17-11-18(16-9-8-12-4-1-2-7-15(12)21-16)25-20-13(10-19(23)24)5-3-6-14(17)20/h1-9,11H,10H2,(H,23,24). The molecule has 4 aromatic rings. The van der Waals surface area contributed by atoms with E-state index in [9.17, 15) is 9.59 Å². The van der Waals surface area contributed by atoms with Gasteiger partial charge >= 0.3 is 5.97 Å². The highest BCUT2D eigenvalue weighted by atomic mass is 16.4. The third-order valence-corrected chi connectivity index (χ3v) is 4.03. The Morgan fingerprint density at radius 3 is 2.72 bits per heavy atom. The van der Waals surface area contributed by atoms with E-state index in [-0.39, 0.29) is 11.8 Å². The number of hydrogen-bond donors (Lipinski definition) is 1. The fourth-order valence-corrected chi connectivity index (χ4v) is 2.87. The van der Waals surface area contributed by atoms with Crippen LogP contribution < -0.4 is 5.43 Å². The molecule has 0 bridgehead atoms. The number of hydrogen-bond acceptors (Lipinski definition) is 4. The number of fused-ring (bicyclic) bond motifs is 2. The van der Waals surface area contributed by atoms with Crippen molar-refractivity contribution >= 4 is 27.8 Å². The molecule has 0 spiro atoms. The summed E-state index contributed by atoms with van der Waals surface area (Å²) < 4.78 is 5.88. The van der Waals surface area contributed by atoms with Gasteiger partial charge in [-0.1, -0.05) is 36.4 Å². The summed E-state index contributed by atoms with van der Waals surface area (Å²) in [6, 6.07) is 17.7. The van der Waals surface area contributed by atoms with Crippen LogP contribution in [0, 0.1) is 0 Å². The summed E-state index contributed by atoms with van der Waals surface area (Å²) in [5.74, 6) is -0.662. The Morgan fingerprint density at radius 2 is 1.88 bits per heavy atom. The van der Waals surface area contributed by atoms with Crippen LogP contribution in [0.25, 0.3) is 33.3 Å². The lowest BCUT2D eigenvalue weighted by Gasteiger charge is -2.07. The summed E-state index contributed by atoms with van der Waals surface area (Å²) in [5.41, 5.74) is 1.86. The zero-order valence-corrected chi connectivity index (χ0v) is 13.1. The molecule has 0 aliphatic heterocycles. The Morgan fingerprint density at radius 1 is 1.04 bits per heavy atom. The maximum Gasteiger partial charge on any atom is 0.307 e. The second kappa shape index (κ2) is 5.87. The van der Waals surface area contributed by atoms with Gasteiger partial charge in [-0.15, -0.1) is 0 Å². The topological polar surface area (TPSA) is 80.4 Å². The predicted molar refractivity (Wildman–Crippen MR) is 94.6 cm³/mol. The number of nitrogens with zero attached hydrogens (tertiary/aromatic N) is 1. The fourth-order valence-electron chi connectivity index (χ4n) is 2.87. The van der Waals surface area contributed by atoms with Gasteiger partial charge in [0.25, 0.3) is 0 Å². The first kappa shape index (κ1) is 15.1. The van der Waals surface area contributed by atoms with Crippen molar-refractivity contribution in [3.8, 4) is 11.5 Å². The zero-order valence-electron chi connectivity index (χ0n) is 13.1. The SMILES string of the molecule is O=C(O)Cc1cccc2c(=O)cc(-c3ccc4ccccc4n3)oc12. The van der Waals surface area contributed by atoms with Crippen molar-refractivity contribution in [1.82, 2.24) is 4.98 Å². The number of carboxylic acids is 1.